The van der Waals surface area contributed by atoms with Crippen LogP contribution in [0.5, 0.6) is 0 Å². The summed E-state index contributed by atoms with van der Waals surface area (Å²) in [7, 11) is 0. The summed E-state index contributed by atoms with van der Waals surface area (Å²) in [6.45, 7) is 7.86. The largest absolute Gasteiger partial charge is 0.349 e. The number of aromatic nitrogens is 2. The average molecular weight is 553 g/mol. The van der Waals surface area contributed by atoms with Gasteiger partial charge in [-0.1, -0.05) is 54.0 Å². The third kappa shape index (κ3) is 7.04. The Morgan fingerprint density at radius 1 is 1.00 bits per heavy atom. The molecule has 0 radical (unpaired) electrons. The van der Waals surface area contributed by atoms with E-state index in [1.54, 1.807) is 0 Å². The topological polar surface area (TPSA) is 70.5 Å². The normalized spacial score (nSPS) is 14.6. The molecule has 0 spiro atoms. The summed E-state index contributed by atoms with van der Waals surface area (Å²) >= 11 is 3.44. The Bertz CT molecular complexity index is 1180. The molecule has 2 aromatic carbocycles. The molecule has 0 unspecified atom stereocenters. The first kappa shape index (κ1) is 26.1. The zero-order chi connectivity index (χ0) is 25.5. The minimum Gasteiger partial charge on any atom is -0.349 e. The van der Waals surface area contributed by atoms with Crippen LogP contribution in [0, 0.1) is 5.92 Å². The maximum Gasteiger partial charge on any atom is 0.253 e. The van der Waals surface area contributed by atoms with Gasteiger partial charge in [-0.2, -0.15) is 5.10 Å². The molecule has 0 aliphatic carbocycles. The van der Waals surface area contributed by atoms with E-state index in [1.807, 2.05) is 64.2 Å². The molecular weight excluding hydrogens is 518 g/mol. The van der Waals surface area contributed by atoms with E-state index in [1.165, 1.54) is 0 Å². The number of halogens is 1. The van der Waals surface area contributed by atoms with E-state index in [2.05, 4.69) is 46.1 Å². The van der Waals surface area contributed by atoms with Crippen LogP contribution in [0.15, 0.2) is 65.1 Å². The number of nitrogens with zero attached hydrogens (tertiary/aromatic N) is 4. The summed E-state index contributed by atoms with van der Waals surface area (Å²) in [5.41, 5.74) is 3.70. The van der Waals surface area contributed by atoms with Gasteiger partial charge in [0.2, 0.25) is 5.91 Å². The van der Waals surface area contributed by atoms with Crippen molar-refractivity contribution in [3.05, 3.63) is 82.1 Å². The quantitative estimate of drug-likeness (QED) is 0.453. The number of benzene rings is 2. The van der Waals surface area contributed by atoms with Crippen molar-refractivity contribution < 1.29 is 9.59 Å². The van der Waals surface area contributed by atoms with Crippen LogP contribution in [-0.2, 0) is 17.8 Å². The first-order chi connectivity index (χ1) is 17.4. The molecule has 8 heteroatoms. The molecule has 0 atom stereocenters. The Hall–Kier alpha value is -2.97. The van der Waals surface area contributed by atoms with E-state index in [9.17, 15) is 9.59 Å². The van der Waals surface area contributed by atoms with E-state index in [0.29, 0.717) is 44.2 Å². The highest BCUT2D eigenvalue weighted by Crippen LogP contribution is 2.17. The highest BCUT2D eigenvalue weighted by Gasteiger charge is 2.22. The Balaban J connectivity index is 1.31. The van der Waals surface area contributed by atoms with Crippen LogP contribution in [0.4, 0.5) is 0 Å². The average Bonchev–Trinajstić information content (AvgIpc) is 3.11. The standard InChI is InChI=1S/C28H34BrN5O2/c1-21(2)16-26-18-24(31-34(26)25-10-4-3-5-11-25)19-30-27(35)20-32-12-7-13-33(15-14-32)28(36)22-8-6-9-23(29)17-22/h3-6,8-11,17-18,21H,7,12-16,19-20H2,1-2H3,(H,30,35). The SMILES string of the molecule is CC(C)Cc1cc(CNC(=O)CN2CCCN(C(=O)c3cccc(Br)c3)CC2)nn1-c1ccccc1. The minimum atomic E-state index is -0.0264. The summed E-state index contributed by atoms with van der Waals surface area (Å²) in [5, 5.41) is 7.81. The summed E-state index contributed by atoms with van der Waals surface area (Å²) in [6, 6.07) is 19.7. The molecule has 2 heterocycles. The monoisotopic (exact) mass is 551 g/mol. The number of rotatable bonds is 8. The van der Waals surface area contributed by atoms with Crippen LogP contribution in [-0.4, -0.2) is 64.1 Å². The summed E-state index contributed by atoms with van der Waals surface area (Å²) < 4.78 is 2.87. The van der Waals surface area contributed by atoms with Crippen LogP contribution in [0.1, 0.15) is 42.0 Å². The van der Waals surface area contributed by atoms with Gasteiger partial charge in [-0.15, -0.1) is 0 Å². The van der Waals surface area contributed by atoms with Crippen LogP contribution in [0.3, 0.4) is 0 Å². The minimum absolute atomic E-state index is 0.0264. The zero-order valence-electron chi connectivity index (χ0n) is 21.0. The molecule has 0 saturated carbocycles. The van der Waals surface area contributed by atoms with Gasteiger partial charge in [0, 0.05) is 41.9 Å². The van der Waals surface area contributed by atoms with Gasteiger partial charge in [0.1, 0.15) is 0 Å². The van der Waals surface area contributed by atoms with Crippen molar-refractivity contribution in [3.63, 3.8) is 0 Å². The molecule has 1 fully saturated rings. The molecule has 4 rings (SSSR count). The molecular formula is C28H34BrN5O2. The molecule has 7 nitrogen and oxygen atoms in total. The molecule has 1 saturated heterocycles. The molecule has 2 amide bonds. The molecule has 190 valence electrons. The van der Waals surface area contributed by atoms with E-state index in [0.717, 1.165) is 40.9 Å². The third-order valence-electron chi connectivity index (χ3n) is 6.23. The molecule has 0 bridgehead atoms. The number of amides is 2. The second kappa shape index (κ2) is 12.3. The van der Waals surface area contributed by atoms with E-state index < -0.39 is 0 Å². The van der Waals surface area contributed by atoms with Gasteiger partial charge in [-0.05, 0) is 55.2 Å². The molecule has 1 aromatic heterocycles. The van der Waals surface area contributed by atoms with E-state index in [4.69, 9.17) is 5.10 Å². The molecule has 1 aliphatic rings. The number of hydrogen-bond donors (Lipinski definition) is 1. The third-order valence-corrected chi connectivity index (χ3v) is 6.73. The van der Waals surface area contributed by atoms with Gasteiger partial charge in [-0.3, -0.25) is 14.5 Å². The maximum atomic E-state index is 12.9. The Kier molecular flexibility index (Phi) is 8.93. The second-order valence-electron chi connectivity index (χ2n) is 9.68. The Morgan fingerprint density at radius 2 is 1.81 bits per heavy atom. The summed E-state index contributed by atoms with van der Waals surface area (Å²) in [5.74, 6) is 0.514. The number of nitrogens with one attached hydrogen (secondary N) is 1. The summed E-state index contributed by atoms with van der Waals surface area (Å²) in [6.07, 6.45) is 1.76. The predicted octanol–water partition coefficient (Wildman–Crippen LogP) is 4.30. The van der Waals surface area contributed by atoms with Gasteiger partial charge in [0.05, 0.1) is 24.5 Å². The van der Waals surface area contributed by atoms with Crippen LogP contribution >= 0.6 is 15.9 Å². The fraction of sp³-hybridized carbons (Fsp3) is 0.393. The number of carbonyl (C=O) groups excluding carboxylic acids is 2. The molecule has 3 aromatic rings. The number of hydrogen-bond acceptors (Lipinski definition) is 4. The smallest absolute Gasteiger partial charge is 0.253 e. The van der Waals surface area contributed by atoms with Crippen LogP contribution in [0.2, 0.25) is 0 Å². The molecule has 1 aliphatic heterocycles. The van der Waals surface area contributed by atoms with Crippen molar-refractivity contribution in [1.29, 1.82) is 0 Å². The van der Waals surface area contributed by atoms with Crippen molar-refractivity contribution in [2.24, 2.45) is 5.92 Å². The molecule has 1 N–H and O–H groups in total. The Morgan fingerprint density at radius 3 is 2.56 bits per heavy atom. The van der Waals surface area contributed by atoms with E-state index >= 15 is 0 Å². The fourth-order valence-corrected chi connectivity index (χ4v) is 4.90. The number of para-hydroxylation sites is 1. The van der Waals surface area contributed by atoms with E-state index in [-0.39, 0.29) is 11.8 Å². The highest BCUT2D eigenvalue weighted by molar-refractivity contribution is 9.10. The molecule has 36 heavy (non-hydrogen) atoms. The van der Waals surface area contributed by atoms with Crippen molar-refractivity contribution in [3.8, 4) is 5.69 Å². The van der Waals surface area contributed by atoms with Crippen LogP contribution in [0.25, 0.3) is 5.69 Å². The Labute approximate surface area is 221 Å². The van der Waals surface area contributed by atoms with Gasteiger partial charge in [0.15, 0.2) is 0 Å². The zero-order valence-corrected chi connectivity index (χ0v) is 22.6. The van der Waals surface area contributed by atoms with Gasteiger partial charge >= 0.3 is 0 Å². The van der Waals surface area contributed by atoms with Crippen LogP contribution < -0.4 is 5.32 Å². The van der Waals surface area contributed by atoms with Crippen molar-refractivity contribution in [2.45, 2.75) is 33.2 Å². The maximum absolute atomic E-state index is 12.9. The lowest BCUT2D eigenvalue weighted by Gasteiger charge is -2.22. The lowest BCUT2D eigenvalue weighted by Crippen LogP contribution is -2.40. The summed E-state index contributed by atoms with van der Waals surface area (Å²) in [4.78, 5) is 29.6. The number of carbonyl (C=O) groups is 2. The first-order valence-electron chi connectivity index (χ1n) is 12.6. The van der Waals surface area contributed by atoms with Gasteiger partial charge in [-0.25, -0.2) is 4.68 Å². The first-order valence-corrected chi connectivity index (χ1v) is 13.4. The lowest BCUT2D eigenvalue weighted by atomic mass is 10.1. The van der Waals surface area contributed by atoms with Crippen molar-refractivity contribution in [2.75, 3.05) is 32.7 Å². The fourth-order valence-electron chi connectivity index (χ4n) is 4.50. The van der Waals surface area contributed by atoms with Crippen molar-refractivity contribution >= 4 is 27.7 Å². The van der Waals surface area contributed by atoms with Gasteiger partial charge in [0.25, 0.3) is 5.91 Å². The second-order valence-corrected chi connectivity index (χ2v) is 10.6. The lowest BCUT2D eigenvalue weighted by molar-refractivity contribution is -0.122. The van der Waals surface area contributed by atoms with Crippen molar-refractivity contribution in [1.82, 2.24) is 24.9 Å². The van der Waals surface area contributed by atoms with Gasteiger partial charge < -0.3 is 10.2 Å². The highest BCUT2D eigenvalue weighted by atomic mass is 79.9. The predicted molar refractivity (Wildman–Crippen MR) is 145 cm³/mol.